The van der Waals surface area contributed by atoms with E-state index in [4.69, 9.17) is 23.7 Å². The zero-order valence-corrected chi connectivity index (χ0v) is 21.7. The highest BCUT2D eigenvalue weighted by Crippen LogP contribution is 2.37. The van der Waals surface area contributed by atoms with Crippen LogP contribution in [0.5, 0.6) is 0 Å². The van der Waals surface area contributed by atoms with Crippen molar-refractivity contribution in [3.8, 4) is 0 Å². The lowest BCUT2D eigenvalue weighted by molar-refractivity contribution is -0.313. The Bertz CT molecular complexity index is 1030. The van der Waals surface area contributed by atoms with E-state index in [2.05, 4.69) is 0 Å². The summed E-state index contributed by atoms with van der Waals surface area (Å²) >= 11 is 0. The lowest BCUT2D eigenvalue weighted by atomic mass is 9.85. The van der Waals surface area contributed by atoms with Gasteiger partial charge < -0.3 is 28.8 Å². The fourth-order valence-electron chi connectivity index (χ4n) is 4.76. The van der Waals surface area contributed by atoms with Gasteiger partial charge in [-0.1, -0.05) is 64.1 Å². The number of hydrogen-bond acceptors (Lipinski definition) is 8. The Hall–Kier alpha value is -2.78. The Morgan fingerprint density at radius 3 is 2.05 bits per heavy atom. The minimum Gasteiger partial charge on any atom is -0.459 e. The number of benzene rings is 2. The smallest absolute Gasteiger partial charge is 0.340 e. The molecule has 8 nitrogen and oxygen atoms in total. The van der Waals surface area contributed by atoms with Crippen LogP contribution in [-0.4, -0.2) is 61.2 Å². The van der Waals surface area contributed by atoms with E-state index in [-0.39, 0.29) is 30.3 Å². The van der Waals surface area contributed by atoms with Crippen LogP contribution in [0.25, 0.3) is 0 Å². The van der Waals surface area contributed by atoms with E-state index >= 15 is 0 Å². The van der Waals surface area contributed by atoms with E-state index in [9.17, 15) is 14.7 Å². The molecule has 8 heteroatoms. The van der Waals surface area contributed by atoms with Crippen LogP contribution in [0.2, 0.25) is 0 Å². The molecule has 0 saturated carbocycles. The fraction of sp³-hybridized carbons (Fsp3) is 0.517. The molecule has 2 fully saturated rings. The van der Waals surface area contributed by atoms with Crippen molar-refractivity contribution in [2.75, 3.05) is 13.2 Å². The molecular formula is C29H36O8. The number of esters is 2. The van der Waals surface area contributed by atoms with Crippen LogP contribution in [0.1, 0.15) is 48.4 Å². The van der Waals surface area contributed by atoms with Crippen molar-refractivity contribution in [3.63, 3.8) is 0 Å². The van der Waals surface area contributed by atoms with E-state index < -0.39 is 42.8 Å². The Balaban J connectivity index is 1.50. The molecular weight excluding hydrogens is 476 g/mol. The summed E-state index contributed by atoms with van der Waals surface area (Å²) in [5.74, 6) is -1.44. The summed E-state index contributed by atoms with van der Waals surface area (Å²) in [6, 6.07) is 17.4. The van der Waals surface area contributed by atoms with Crippen LogP contribution < -0.4 is 0 Å². The number of hydrogen-bond donors (Lipinski definition) is 1. The van der Waals surface area contributed by atoms with Gasteiger partial charge in [-0.15, -0.1) is 0 Å². The molecule has 0 spiro atoms. The van der Waals surface area contributed by atoms with Crippen molar-refractivity contribution >= 4 is 11.9 Å². The predicted octanol–water partition coefficient (Wildman–Crippen LogP) is 4.07. The van der Waals surface area contributed by atoms with Gasteiger partial charge in [0.2, 0.25) is 6.29 Å². The van der Waals surface area contributed by atoms with Gasteiger partial charge >= 0.3 is 11.9 Å². The highest BCUT2D eigenvalue weighted by Gasteiger charge is 2.47. The van der Waals surface area contributed by atoms with Gasteiger partial charge in [0, 0.05) is 11.8 Å². The molecule has 9 atom stereocenters. The SMILES string of the molecule is CC1[C@H](OC(=O)c2ccccc2)OC(COC(=O)c2ccccc2)[C@@H](C)[C@@H]1O[C@H]1OC[C@@H](C)[C@H](C)C1O. The summed E-state index contributed by atoms with van der Waals surface area (Å²) in [4.78, 5) is 25.4. The summed E-state index contributed by atoms with van der Waals surface area (Å²) in [6.07, 6.45) is -3.68. The quantitative estimate of drug-likeness (QED) is 0.554. The maximum absolute atomic E-state index is 12.8. The molecule has 2 saturated heterocycles. The van der Waals surface area contributed by atoms with Gasteiger partial charge in [-0.2, -0.15) is 0 Å². The maximum atomic E-state index is 12.8. The molecule has 3 unspecified atom stereocenters. The summed E-state index contributed by atoms with van der Waals surface area (Å²) in [7, 11) is 0. The zero-order chi connectivity index (χ0) is 26.5. The number of ether oxygens (including phenoxy) is 5. The van der Waals surface area contributed by atoms with Crippen molar-refractivity contribution in [2.45, 2.75) is 58.6 Å². The summed E-state index contributed by atoms with van der Waals surface area (Å²) in [5, 5.41) is 10.8. The molecule has 0 bridgehead atoms. The summed E-state index contributed by atoms with van der Waals surface area (Å²) < 4.78 is 29.7. The number of carbonyl (C=O) groups is 2. The monoisotopic (exact) mass is 512 g/mol. The van der Waals surface area contributed by atoms with Crippen LogP contribution in [-0.2, 0) is 23.7 Å². The zero-order valence-electron chi connectivity index (χ0n) is 21.7. The highest BCUT2D eigenvalue weighted by atomic mass is 16.7. The van der Waals surface area contributed by atoms with Gasteiger partial charge in [0.05, 0.1) is 23.8 Å². The van der Waals surface area contributed by atoms with Crippen LogP contribution in [0.15, 0.2) is 60.7 Å². The molecule has 2 aromatic rings. The summed E-state index contributed by atoms with van der Waals surface area (Å²) in [6.45, 7) is 8.22. The van der Waals surface area contributed by atoms with Crippen LogP contribution >= 0.6 is 0 Å². The third kappa shape index (κ3) is 6.38. The van der Waals surface area contributed by atoms with Gasteiger partial charge in [0.1, 0.15) is 18.8 Å². The van der Waals surface area contributed by atoms with Crippen LogP contribution in [0, 0.1) is 23.7 Å². The molecule has 200 valence electrons. The number of rotatable bonds is 7. The Labute approximate surface area is 217 Å². The van der Waals surface area contributed by atoms with Gasteiger partial charge in [-0.25, -0.2) is 9.59 Å². The molecule has 0 aliphatic carbocycles. The number of aliphatic hydroxyl groups is 1. The Kier molecular flexibility index (Phi) is 8.97. The normalized spacial score (nSPS) is 33.9. The second-order valence-electron chi connectivity index (χ2n) is 10.1. The van der Waals surface area contributed by atoms with Gasteiger partial charge in [0.15, 0.2) is 6.29 Å². The second-order valence-corrected chi connectivity index (χ2v) is 10.1. The molecule has 2 aliphatic rings. The van der Waals surface area contributed by atoms with E-state index in [1.54, 1.807) is 48.5 Å². The molecule has 4 rings (SSSR count). The second kappa shape index (κ2) is 12.2. The van der Waals surface area contributed by atoms with E-state index in [1.165, 1.54) is 0 Å². The topological polar surface area (TPSA) is 101 Å². The third-order valence-electron chi connectivity index (χ3n) is 7.51. The Morgan fingerprint density at radius 1 is 0.838 bits per heavy atom. The first-order valence-corrected chi connectivity index (χ1v) is 12.8. The fourth-order valence-corrected chi connectivity index (χ4v) is 4.76. The Morgan fingerprint density at radius 2 is 1.43 bits per heavy atom. The van der Waals surface area contributed by atoms with E-state index in [1.807, 2.05) is 39.8 Å². The lowest BCUT2D eigenvalue weighted by Gasteiger charge is -2.46. The summed E-state index contributed by atoms with van der Waals surface area (Å²) in [5.41, 5.74) is 0.830. The lowest BCUT2D eigenvalue weighted by Crippen LogP contribution is -2.56. The van der Waals surface area contributed by atoms with Crippen molar-refractivity contribution in [1.82, 2.24) is 0 Å². The van der Waals surface area contributed by atoms with Crippen molar-refractivity contribution < 1.29 is 38.4 Å². The minimum atomic E-state index is -0.952. The molecule has 37 heavy (non-hydrogen) atoms. The highest BCUT2D eigenvalue weighted by molar-refractivity contribution is 5.89. The van der Waals surface area contributed by atoms with Crippen molar-refractivity contribution in [3.05, 3.63) is 71.8 Å². The first-order valence-electron chi connectivity index (χ1n) is 12.8. The van der Waals surface area contributed by atoms with Gasteiger partial charge in [-0.05, 0) is 36.1 Å². The molecule has 0 radical (unpaired) electrons. The maximum Gasteiger partial charge on any atom is 0.340 e. The standard InChI is InChI=1S/C29H36O8/c1-17-15-34-29(24(30)18(17)2)36-25-19(3)23(16-33-26(31)21-11-7-5-8-12-21)35-28(20(25)4)37-27(32)22-13-9-6-10-14-22/h5-14,17-20,23-25,28-30H,15-16H2,1-4H3/t17-,18+,19-,20?,23?,24?,25+,28+,29-/m1/s1. The van der Waals surface area contributed by atoms with Crippen LogP contribution in [0.3, 0.4) is 0 Å². The number of carbonyl (C=O) groups excluding carboxylic acids is 2. The first kappa shape index (κ1) is 27.3. The average molecular weight is 513 g/mol. The predicted molar refractivity (Wildman–Crippen MR) is 135 cm³/mol. The first-order chi connectivity index (χ1) is 17.8. The average Bonchev–Trinajstić information content (AvgIpc) is 2.92. The van der Waals surface area contributed by atoms with Gasteiger partial charge in [-0.3, -0.25) is 0 Å². The molecule has 1 N–H and O–H groups in total. The molecule has 2 aromatic carbocycles. The molecule has 2 heterocycles. The minimum absolute atomic E-state index is 0.00136. The van der Waals surface area contributed by atoms with Gasteiger partial charge in [0.25, 0.3) is 0 Å². The van der Waals surface area contributed by atoms with E-state index in [0.717, 1.165) is 0 Å². The number of aliphatic hydroxyl groups excluding tert-OH is 1. The van der Waals surface area contributed by atoms with Crippen LogP contribution in [0.4, 0.5) is 0 Å². The largest absolute Gasteiger partial charge is 0.459 e. The molecule has 0 aromatic heterocycles. The molecule has 2 aliphatic heterocycles. The van der Waals surface area contributed by atoms with Crippen molar-refractivity contribution in [2.24, 2.45) is 23.7 Å². The molecule has 0 amide bonds. The van der Waals surface area contributed by atoms with Crippen molar-refractivity contribution in [1.29, 1.82) is 0 Å². The third-order valence-corrected chi connectivity index (χ3v) is 7.51. The van der Waals surface area contributed by atoms with E-state index in [0.29, 0.717) is 17.7 Å².